The van der Waals surface area contributed by atoms with Crippen molar-refractivity contribution in [1.29, 1.82) is 0 Å². The van der Waals surface area contributed by atoms with Gasteiger partial charge in [-0.2, -0.15) is 0 Å². The fourth-order valence-electron chi connectivity index (χ4n) is 2.47. The third-order valence-electron chi connectivity index (χ3n) is 3.66. The Morgan fingerprint density at radius 3 is 3.00 bits per heavy atom. The molecule has 2 N–H and O–H groups in total. The van der Waals surface area contributed by atoms with Crippen molar-refractivity contribution in [3.8, 4) is 0 Å². The van der Waals surface area contributed by atoms with Crippen LogP contribution in [-0.2, 0) is 0 Å². The molecular formula is C15H18N4O2. The summed E-state index contributed by atoms with van der Waals surface area (Å²) >= 11 is 0. The van der Waals surface area contributed by atoms with E-state index in [2.05, 4.69) is 20.8 Å². The van der Waals surface area contributed by atoms with Crippen molar-refractivity contribution in [2.45, 2.75) is 32.7 Å². The Hall–Kier alpha value is -2.21. The lowest BCUT2D eigenvalue weighted by Crippen LogP contribution is -2.14. The van der Waals surface area contributed by atoms with Gasteiger partial charge in [-0.05, 0) is 44.9 Å². The van der Waals surface area contributed by atoms with E-state index in [-0.39, 0.29) is 18.0 Å². The Morgan fingerprint density at radius 2 is 2.24 bits per heavy atom. The van der Waals surface area contributed by atoms with Crippen LogP contribution in [0.25, 0.3) is 0 Å². The van der Waals surface area contributed by atoms with Gasteiger partial charge < -0.3 is 9.73 Å². The summed E-state index contributed by atoms with van der Waals surface area (Å²) in [7, 11) is 0. The molecule has 6 nitrogen and oxygen atoms in total. The number of nitrogens with one attached hydrogen (secondary N) is 2. The molecule has 110 valence electrons. The number of aryl methyl sites for hydroxylation is 2. The minimum atomic E-state index is -0.231. The van der Waals surface area contributed by atoms with Crippen LogP contribution in [-0.4, -0.2) is 22.6 Å². The summed E-state index contributed by atoms with van der Waals surface area (Å²) in [6, 6.07) is 5.99. The van der Waals surface area contributed by atoms with Gasteiger partial charge in [0.25, 0.3) is 5.91 Å². The molecule has 1 saturated heterocycles. The van der Waals surface area contributed by atoms with E-state index in [0.29, 0.717) is 11.5 Å². The summed E-state index contributed by atoms with van der Waals surface area (Å²) in [4.78, 5) is 12.3. The number of anilines is 1. The lowest BCUT2D eigenvalue weighted by atomic mass is 10.1. The van der Waals surface area contributed by atoms with Gasteiger partial charge in [-0.15, -0.1) is 5.10 Å². The first-order valence-electron chi connectivity index (χ1n) is 7.09. The number of carbonyl (C=O) groups is 1. The SMILES string of the molecule is Cc1ccc(C)c(C(=O)Nc2nnc(C3CCCN3)o2)c1. The van der Waals surface area contributed by atoms with Gasteiger partial charge in [0.2, 0.25) is 5.89 Å². The Labute approximate surface area is 123 Å². The first-order chi connectivity index (χ1) is 10.1. The standard InChI is InChI=1S/C15H18N4O2/c1-9-5-6-10(2)11(8-9)13(20)17-15-19-18-14(21-15)12-4-3-7-16-12/h5-6,8,12,16H,3-4,7H2,1-2H3,(H,17,19,20). The maximum atomic E-state index is 12.3. The summed E-state index contributed by atoms with van der Waals surface area (Å²) < 4.78 is 5.51. The Morgan fingerprint density at radius 1 is 1.38 bits per heavy atom. The minimum Gasteiger partial charge on any atom is -0.406 e. The molecule has 1 fully saturated rings. The average molecular weight is 286 g/mol. The van der Waals surface area contributed by atoms with Gasteiger partial charge in [-0.25, -0.2) is 0 Å². The molecule has 1 unspecified atom stereocenters. The lowest BCUT2D eigenvalue weighted by molar-refractivity contribution is 0.102. The second kappa shape index (κ2) is 5.65. The van der Waals surface area contributed by atoms with Crippen LogP contribution in [0.5, 0.6) is 0 Å². The van der Waals surface area contributed by atoms with E-state index < -0.39 is 0 Å². The summed E-state index contributed by atoms with van der Waals surface area (Å²) in [5.74, 6) is 0.301. The molecule has 1 aromatic heterocycles. The average Bonchev–Trinajstić information content (AvgIpc) is 3.11. The number of rotatable bonds is 3. The zero-order valence-electron chi connectivity index (χ0n) is 12.1. The van der Waals surface area contributed by atoms with E-state index >= 15 is 0 Å². The van der Waals surface area contributed by atoms with Crippen LogP contribution in [0, 0.1) is 13.8 Å². The predicted molar refractivity (Wildman–Crippen MR) is 78.1 cm³/mol. The van der Waals surface area contributed by atoms with Crippen LogP contribution in [0.4, 0.5) is 6.01 Å². The topological polar surface area (TPSA) is 80.0 Å². The highest BCUT2D eigenvalue weighted by Gasteiger charge is 2.22. The number of nitrogens with zero attached hydrogens (tertiary/aromatic N) is 2. The fourth-order valence-corrected chi connectivity index (χ4v) is 2.47. The first-order valence-corrected chi connectivity index (χ1v) is 7.09. The van der Waals surface area contributed by atoms with Gasteiger partial charge in [0.05, 0.1) is 6.04 Å². The van der Waals surface area contributed by atoms with Crippen molar-refractivity contribution >= 4 is 11.9 Å². The first kappa shape index (κ1) is 13.8. The fraction of sp³-hybridized carbons (Fsp3) is 0.400. The Kier molecular flexibility index (Phi) is 3.70. The quantitative estimate of drug-likeness (QED) is 0.905. The second-order valence-electron chi connectivity index (χ2n) is 5.37. The van der Waals surface area contributed by atoms with Crippen LogP contribution < -0.4 is 10.6 Å². The Balaban J connectivity index is 1.74. The zero-order valence-corrected chi connectivity index (χ0v) is 12.1. The summed E-state index contributed by atoms with van der Waals surface area (Å²) in [6.45, 7) is 4.81. The predicted octanol–water partition coefficient (Wildman–Crippen LogP) is 2.36. The number of hydrogen-bond donors (Lipinski definition) is 2. The van der Waals surface area contributed by atoms with E-state index in [1.165, 1.54) is 0 Å². The molecule has 2 heterocycles. The second-order valence-corrected chi connectivity index (χ2v) is 5.37. The number of hydrogen-bond acceptors (Lipinski definition) is 5. The van der Waals surface area contributed by atoms with E-state index in [4.69, 9.17) is 4.42 Å². The van der Waals surface area contributed by atoms with Crippen molar-refractivity contribution < 1.29 is 9.21 Å². The zero-order chi connectivity index (χ0) is 14.8. The van der Waals surface area contributed by atoms with Crippen molar-refractivity contribution in [2.24, 2.45) is 0 Å². The molecule has 0 saturated carbocycles. The molecule has 0 radical (unpaired) electrons. The van der Waals surface area contributed by atoms with E-state index in [1.54, 1.807) is 0 Å². The molecule has 1 aromatic carbocycles. The highest BCUT2D eigenvalue weighted by molar-refractivity contribution is 6.04. The molecule has 3 rings (SSSR count). The smallest absolute Gasteiger partial charge is 0.322 e. The molecule has 1 amide bonds. The summed E-state index contributed by atoms with van der Waals surface area (Å²) in [5.41, 5.74) is 2.57. The van der Waals surface area contributed by atoms with Gasteiger partial charge in [0.1, 0.15) is 0 Å². The molecule has 2 aromatic rings. The number of amides is 1. The van der Waals surface area contributed by atoms with Crippen molar-refractivity contribution in [2.75, 3.05) is 11.9 Å². The molecule has 1 aliphatic rings. The van der Waals surface area contributed by atoms with Crippen LogP contribution in [0.3, 0.4) is 0 Å². The molecule has 0 bridgehead atoms. The summed E-state index contributed by atoms with van der Waals surface area (Å²) in [6.07, 6.45) is 2.07. The molecule has 0 spiro atoms. The maximum Gasteiger partial charge on any atom is 0.322 e. The summed E-state index contributed by atoms with van der Waals surface area (Å²) in [5, 5.41) is 13.8. The maximum absolute atomic E-state index is 12.3. The van der Waals surface area contributed by atoms with E-state index in [9.17, 15) is 4.79 Å². The molecule has 1 atom stereocenters. The number of benzene rings is 1. The van der Waals surface area contributed by atoms with Gasteiger partial charge in [-0.3, -0.25) is 10.1 Å². The van der Waals surface area contributed by atoms with Gasteiger partial charge in [-0.1, -0.05) is 22.8 Å². The van der Waals surface area contributed by atoms with E-state index in [0.717, 1.165) is 30.5 Å². The normalized spacial score (nSPS) is 17.9. The van der Waals surface area contributed by atoms with Crippen molar-refractivity contribution in [3.63, 3.8) is 0 Å². The highest BCUT2D eigenvalue weighted by Crippen LogP contribution is 2.23. The molecule has 0 aliphatic carbocycles. The molecule has 6 heteroatoms. The van der Waals surface area contributed by atoms with Crippen LogP contribution in [0.15, 0.2) is 22.6 Å². The van der Waals surface area contributed by atoms with Crippen molar-refractivity contribution in [1.82, 2.24) is 15.5 Å². The number of carbonyl (C=O) groups excluding carboxylic acids is 1. The molecule has 21 heavy (non-hydrogen) atoms. The number of aromatic nitrogens is 2. The van der Waals surface area contributed by atoms with Crippen LogP contribution >= 0.6 is 0 Å². The Bertz CT molecular complexity index is 659. The third kappa shape index (κ3) is 2.95. The third-order valence-corrected chi connectivity index (χ3v) is 3.66. The van der Waals surface area contributed by atoms with Gasteiger partial charge in [0.15, 0.2) is 0 Å². The van der Waals surface area contributed by atoms with Gasteiger partial charge >= 0.3 is 6.01 Å². The minimum absolute atomic E-state index is 0.101. The monoisotopic (exact) mass is 286 g/mol. The lowest BCUT2D eigenvalue weighted by Gasteiger charge is -2.06. The van der Waals surface area contributed by atoms with E-state index in [1.807, 2.05) is 32.0 Å². The van der Waals surface area contributed by atoms with Crippen LogP contribution in [0.2, 0.25) is 0 Å². The highest BCUT2D eigenvalue weighted by atomic mass is 16.4. The van der Waals surface area contributed by atoms with Crippen LogP contribution in [0.1, 0.15) is 46.3 Å². The van der Waals surface area contributed by atoms with Crippen molar-refractivity contribution in [3.05, 3.63) is 40.8 Å². The largest absolute Gasteiger partial charge is 0.406 e. The molecule has 1 aliphatic heterocycles. The molecular weight excluding hydrogens is 268 g/mol. The van der Waals surface area contributed by atoms with Gasteiger partial charge in [0, 0.05) is 5.56 Å².